The molecule has 0 aliphatic heterocycles. The summed E-state index contributed by atoms with van der Waals surface area (Å²) < 4.78 is 215. The molecule has 8 rings (SSSR count). The molecule has 88 heavy (non-hydrogen) atoms. The zero-order valence-electron chi connectivity index (χ0n) is 45.4. The number of allylic oxidation sites excluding steroid dienone is 1. The van der Waals surface area contributed by atoms with E-state index in [9.17, 15) is 92.8 Å². The van der Waals surface area contributed by atoms with Crippen LogP contribution in [0.5, 0.6) is 12.0 Å². The van der Waals surface area contributed by atoms with Gasteiger partial charge >= 0.3 is 177 Å². The number of rotatable bonds is 14. The molecule has 0 spiro atoms. The molecule has 0 atom stereocenters. The van der Waals surface area contributed by atoms with E-state index in [1.807, 2.05) is 5.43 Å². The molecule has 0 saturated heterocycles. The Labute approximate surface area is 627 Å². The molecule has 48 heteroatoms. The number of fused-ring (bicyclic) bond motifs is 1. The van der Waals surface area contributed by atoms with Gasteiger partial charge in [0.2, 0.25) is 28.3 Å². The van der Waals surface area contributed by atoms with Crippen LogP contribution < -0.4 is 221 Å². The predicted molar refractivity (Wildman–Crippen MR) is 263 cm³/mol. The molecule has 0 bridgehead atoms. The number of carbonyl (C=O) groups excluding carboxylic acids is 1. The normalized spacial score (nSPS) is 14.0. The van der Waals surface area contributed by atoms with Crippen LogP contribution in [0.15, 0.2) is 156 Å². The second-order valence-corrected chi connectivity index (χ2v) is 24.2. The third kappa shape index (κ3) is 20.3. The summed E-state index contributed by atoms with van der Waals surface area (Å²) in [6.07, 6.45) is 0.393. The van der Waals surface area contributed by atoms with Crippen molar-refractivity contribution < 1.29 is 270 Å². The number of nitrogens with two attached hydrogens (primary N) is 1. The first-order valence-electron chi connectivity index (χ1n) is 21.2. The van der Waals surface area contributed by atoms with Crippen LogP contribution in [0.4, 0.5) is 45.5 Å². The first-order chi connectivity index (χ1) is 38.0. The van der Waals surface area contributed by atoms with E-state index in [-0.39, 0.29) is 200 Å². The van der Waals surface area contributed by atoms with E-state index in [2.05, 4.69) is 65.2 Å². The van der Waals surface area contributed by atoms with Crippen molar-refractivity contribution in [3.8, 4) is 12.0 Å². The van der Waals surface area contributed by atoms with Gasteiger partial charge in [-0.25, -0.2) is 63.6 Å². The van der Waals surface area contributed by atoms with E-state index in [4.69, 9.17) is 5.73 Å². The van der Waals surface area contributed by atoms with Gasteiger partial charge in [0.1, 0.15) is 61.6 Å². The Balaban J connectivity index is 0.00000440. The number of nitrogen functional groups attached to an aromatic ring is 1. The number of hydrazone groups is 1. The van der Waals surface area contributed by atoms with Crippen molar-refractivity contribution in [3.63, 3.8) is 0 Å². The minimum atomic E-state index is -5.65. The molecule has 0 saturated carbocycles. The minimum absolute atomic E-state index is 0. The van der Waals surface area contributed by atoms with Gasteiger partial charge in [0.15, 0.2) is 5.71 Å². The fraction of sp³-hybridized carbons (Fsp3) is 0. The topological polar surface area (TPSA) is 614 Å². The van der Waals surface area contributed by atoms with Crippen LogP contribution in [0, 0.1) is 0 Å². The monoisotopic (exact) mass is 1380 g/mol. The second-order valence-electron chi connectivity index (χ2n) is 15.9. The summed E-state index contributed by atoms with van der Waals surface area (Å²) in [7, 11) is -32.2. The number of Topliss-reactive ketones (excluding diaryl/α,β-unsaturated/α-hetero) is 1. The Morgan fingerprint density at radius 1 is 0.511 bits per heavy atom. The molecule has 2 heterocycles. The first kappa shape index (κ1) is 80.8. The fourth-order valence-corrected chi connectivity index (χ4v) is 10.5. The fourth-order valence-electron chi connectivity index (χ4n) is 6.99. The van der Waals surface area contributed by atoms with Crippen molar-refractivity contribution in [1.82, 2.24) is 29.9 Å². The summed E-state index contributed by atoms with van der Waals surface area (Å²) in [5.74, 6) is -1.67. The van der Waals surface area contributed by atoms with E-state index in [1.165, 1.54) is 12.1 Å². The van der Waals surface area contributed by atoms with E-state index in [1.54, 1.807) is 0 Å². The molecule has 0 unspecified atom stereocenters. The molecular weight excluding hydrogens is 1360 g/mol. The SMILES string of the molecule is Nc1c(N=Nc2cc(N=c3[nH]c([O-])nc(=Nc4cccc(S(=O)(=O)[O-])c4)[nH]3)ccc2S(=O)(=O)[O-])c(S(=O)(=O)O)cc2c1C(=O)/C(=N/Nc1cc(N=c3[nH]c([O-])nc(=Nc4cccc(S(=O)(=O)[O-])c4)[nH]3)ccc1S(=O)(=O)[O-])C(S(=O)(=O)O)=C2.[Na+].[Na+].[Na+].[Na+].[Na+].[Na+]. The molecule has 0 fully saturated rings. The molecule has 0 radical (unpaired) electrons. The average Bonchev–Trinajstić information content (AvgIpc) is 0.915. The predicted octanol–water partition coefficient (Wildman–Crippen LogP) is -19.4. The molecule has 0 amide bonds. The molecule has 1 aliphatic rings. The van der Waals surface area contributed by atoms with E-state index < -0.39 is 170 Å². The summed E-state index contributed by atoms with van der Waals surface area (Å²) in [6, 6.07) is 11.0. The van der Waals surface area contributed by atoms with Crippen molar-refractivity contribution in [2.45, 2.75) is 24.5 Å². The third-order valence-electron chi connectivity index (χ3n) is 10.3. The number of benzene rings is 5. The maximum absolute atomic E-state index is 14.3. The number of hydrogen-bond donors (Lipinski definition) is 8. The van der Waals surface area contributed by atoms with Gasteiger partial charge < -0.3 is 44.1 Å². The molecule has 5 aromatic carbocycles. The Morgan fingerprint density at radius 3 is 1.41 bits per heavy atom. The quantitative estimate of drug-likeness (QED) is 0.0165. The Kier molecular flexibility index (Phi) is 28.9. The maximum atomic E-state index is 14.3. The number of carbonyl (C=O) groups is 1. The number of aromatic amines is 4. The van der Waals surface area contributed by atoms with Crippen molar-refractivity contribution >= 4 is 124 Å². The van der Waals surface area contributed by atoms with Crippen LogP contribution in [0.2, 0.25) is 0 Å². The Bertz CT molecular complexity index is 5070. The third-order valence-corrected chi connectivity index (χ3v) is 15.5. The molecule has 428 valence electrons. The minimum Gasteiger partial charge on any atom is -0.846 e. The summed E-state index contributed by atoms with van der Waals surface area (Å²) in [5, 5.41) is 35.7. The van der Waals surface area contributed by atoms with E-state index >= 15 is 0 Å². The zero-order valence-corrected chi connectivity index (χ0v) is 62.3. The number of aromatic nitrogens is 6. The van der Waals surface area contributed by atoms with Crippen molar-refractivity contribution in [2.24, 2.45) is 35.3 Å². The summed E-state index contributed by atoms with van der Waals surface area (Å²) in [5.41, 5.74) is -2.31. The standard InChI is InChI=1S/C40H31N15O21S6.6Na/c41-31-30-17(11-28(81(71,72)73)32(31)54-52-24-15-20(7-9-26(24)79(65,66)67)44-37-46-35(48-39(57)50-37)42-18-3-1-5-22(13-18)77(59,60)61)12-29(82(74,75)76)33(34(30)56)55-53-25-16-21(8-10-27(25)80(68,69)70)45-38-47-36(49-40(58)51-38)43-19-4-2-6-23(14-19)78(62,63)64;;;;;;/h1-16,53H,41H2,(H,59,60,61)(H,62,63,64)(H,65,66,67)(H,68,69,70)(H,71,72,73)(H,74,75,76)(H3,42,44,46,48,50,57)(H3,43,45,47,49,51,58);;;;;;/q;6*+1/p-6/b54-52?,55-33+;;;;;;. The number of hydrogen-bond acceptors (Lipinski definition) is 30. The van der Waals surface area contributed by atoms with Gasteiger partial charge in [0.25, 0.3) is 20.2 Å². The number of anilines is 2. The molecular formula is C40H25N15Na6O21S6. The van der Waals surface area contributed by atoms with Gasteiger partial charge in [-0.1, -0.05) is 12.1 Å². The van der Waals surface area contributed by atoms with Crippen LogP contribution >= 0.6 is 0 Å². The first-order valence-corrected chi connectivity index (χ1v) is 29.7. The molecule has 1 aliphatic carbocycles. The molecule has 7 aromatic rings. The Hall–Kier alpha value is -3.34. The van der Waals surface area contributed by atoms with Crippen molar-refractivity contribution in [2.75, 3.05) is 11.2 Å². The number of nitrogens with one attached hydrogen (secondary N) is 5. The second kappa shape index (κ2) is 31.5. The summed E-state index contributed by atoms with van der Waals surface area (Å²) >= 11 is 0. The van der Waals surface area contributed by atoms with Crippen LogP contribution in [0.25, 0.3) is 6.08 Å². The zero-order chi connectivity index (χ0) is 60.1. The smallest absolute Gasteiger partial charge is 0.846 e. The van der Waals surface area contributed by atoms with E-state index in [0.717, 1.165) is 54.6 Å². The van der Waals surface area contributed by atoms with Crippen LogP contribution in [-0.2, 0) is 60.7 Å². The average molecular weight is 1380 g/mol. The number of azo groups is 1. The maximum Gasteiger partial charge on any atom is 1.00 e. The Morgan fingerprint density at radius 2 is 0.966 bits per heavy atom. The molecule has 36 nitrogen and oxygen atoms in total. The van der Waals surface area contributed by atoms with Crippen LogP contribution in [0.3, 0.4) is 0 Å². The van der Waals surface area contributed by atoms with Gasteiger partial charge in [0.05, 0.1) is 71.3 Å². The van der Waals surface area contributed by atoms with Crippen LogP contribution in [0.1, 0.15) is 15.9 Å². The number of nitrogens with zero attached hydrogens (tertiary/aromatic N) is 9. The van der Waals surface area contributed by atoms with E-state index in [0.29, 0.717) is 30.3 Å². The number of H-pyrrole nitrogens is 4. The summed E-state index contributed by atoms with van der Waals surface area (Å²) in [4.78, 5) is 40.0. The van der Waals surface area contributed by atoms with Gasteiger partial charge in [-0.2, -0.15) is 21.9 Å². The van der Waals surface area contributed by atoms with Gasteiger partial charge in [0, 0.05) is 0 Å². The van der Waals surface area contributed by atoms with Crippen LogP contribution in [-0.4, -0.2) is 119 Å². The number of ketones is 1. The van der Waals surface area contributed by atoms with Gasteiger partial charge in [-0.3, -0.25) is 29.3 Å². The molecule has 2 aromatic heterocycles. The van der Waals surface area contributed by atoms with Crippen molar-refractivity contribution in [3.05, 3.63) is 130 Å². The summed E-state index contributed by atoms with van der Waals surface area (Å²) in [6.45, 7) is 0. The van der Waals surface area contributed by atoms with Crippen molar-refractivity contribution in [1.29, 1.82) is 0 Å². The van der Waals surface area contributed by atoms with Gasteiger partial charge in [-0.05, 0) is 90.5 Å². The van der Waals surface area contributed by atoms with Gasteiger partial charge in [-0.15, -0.1) is 10.2 Å². The molecule has 9 N–H and O–H groups in total. The largest absolute Gasteiger partial charge is 1.00 e.